The van der Waals surface area contributed by atoms with Crippen molar-refractivity contribution in [2.24, 2.45) is 7.05 Å². The van der Waals surface area contributed by atoms with E-state index in [0.29, 0.717) is 16.9 Å². The molecule has 7 heteroatoms. The van der Waals surface area contributed by atoms with Crippen molar-refractivity contribution >= 4 is 29.2 Å². The number of rotatable bonds is 4. The number of halogens is 1. The average molecular weight is 270 g/mol. The van der Waals surface area contributed by atoms with Gasteiger partial charge in [-0.25, -0.2) is 9.97 Å². The quantitative estimate of drug-likeness (QED) is 0.524. The van der Waals surface area contributed by atoms with Gasteiger partial charge >= 0.3 is 0 Å². The summed E-state index contributed by atoms with van der Waals surface area (Å²) in [5.41, 5.74) is 1.07. The minimum atomic E-state index is 0.442. The van der Waals surface area contributed by atoms with Gasteiger partial charge in [0.15, 0.2) is 5.16 Å². The molecule has 0 amide bonds. The molecule has 2 aromatic heterocycles. The highest BCUT2D eigenvalue weighted by Crippen LogP contribution is 2.17. The van der Waals surface area contributed by atoms with Crippen LogP contribution >= 0.6 is 23.4 Å². The van der Waals surface area contributed by atoms with E-state index >= 15 is 0 Å². The number of thioether (sulfide) groups is 1. The highest BCUT2D eigenvalue weighted by Gasteiger charge is 2.03. The number of hydrogen-bond acceptors (Lipinski definition) is 5. The number of nitrogens with zero attached hydrogens (tertiary/aromatic N) is 4. The van der Waals surface area contributed by atoms with E-state index in [1.165, 1.54) is 11.8 Å². The molecule has 2 heterocycles. The zero-order valence-electron chi connectivity index (χ0n) is 9.51. The second kappa shape index (κ2) is 5.37. The molecule has 0 saturated carbocycles. The second-order valence-electron chi connectivity index (χ2n) is 3.36. The summed E-state index contributed by atoms with van der Waals surface area (Å²) in [6.07, 6.45) is 3.67. The van der Waals surface area contributed by atoms with E-state index < -0.39 is 0 Å². The van der Waals surface area contributed by atoms with Crippen LogP contribution in [0.25, 0.3) is 0 Å². The van der Waals surface area contributed by atoms with Gasteiger partial charge in [0.2, 0.25) is 0 Å². The molecule has 0 saturated heterocycles. The molecule has 0 spiro atoms. The van der Waals surface area contributed by atoms with Gasteiger partial charge in [0, 0.05) is 19.3 Å². The molecule has 0 bridgehead atoms. The fourth-order valence-electron chi connectivity index (χ4n) is 1.33. The van der Waals surface area contributed by atoms with E-state index in [4.69, 9.17) is 11.6 Å². The number of aromatic nitrogens is 4. The van der Waals surface area contributed by atoms with Crippen molar-refractivity contribution in [1.29, 1.82) is 0 Å². The lowest BCUT2D eigenvalue weighted by Crippen LogP contribution is -2.07. The van der Waals surface area contributed by atoms with Crippen LogP contribution in [-0.2, 0) is 13.6 Å². The number of nitrogens with one attached hydrogen (secondary N) is 1. The molecule has 0 fully saturated rings. The van der Waals surface area contributed by atoms with Crippen molar-refractivity contribution < 1.29 is 0 Å². The normalized spacial score (nSPS) is 10.5. The lowest BCUT2D eigenvalue weighted by Gasteiger charge is -2.07. The van der Waals surface area contributed by atoms with E-state index in [1.807, 2.05) is 24.1 Å². The Morgan fingerprint density at radius 3 is 2.94 bits per heavy atom. The van der Waals surface area contributed by atoms with Gasteiger partial charge in [0.1, 0.15) is 11.0 Å². The first kappa shape index (κ1) is 12.2. The maximum absolute atomic E-state index is 5.90. The Labute approximate surface area is 109 Å². The molecule has 0 aliphatic carbocycles. The van der Waals surface area contributed by atoms with E-state index in [1.54, 1.807) is 12.3 Å². The predicted octanol–water partition coefficient (Wildman–Crippen LogP) is 2.20. The molecule has 0 aromatic carbocycles. The number of hydrogen-bond donors (Lipinski definition) is 1. The lowest BCUT2D eigenvalue weighted by atomic mass is 10.4. The minimum Gasteiger partial charge on any atom is -0.364 e. The maximum Gasteiger partial charge on any atom is 0.190 e. The average Bonchev–Trinajstić information content (AvgIpc) is 2.71. The Morgan fingerprint density at radius 2 is 2.29 bits per heavy atom. The Morgan fingerprint density at radius 1 is 1.47 bits per heavy atom. The van der Waals surface area contributed by atoms with Gasteiger partial charge in [0.25, 0.3) is 0 Å². The van der Waals surface area contributed by atoms with Gasteiger partial charge < -0.3 is 5.32 Å². The summed E-state index contributed by atoms with van der Waals surface area (Å²) in [6.45, 7) is 0.650. The summed E-state index contributed by atoms with van der Waals surface area (Å²) in [4.78, 5) is 8.38. The smallest absolute Gasteiger partial charge is 0.190 e. The SMILES string of the molecule is CSc1nc(Cl)cc(NCc2ccnn2C)n1. The molecule has 2 rings (SSSR count). The van der Waals surface area contributed by atoms with Gasteiger partial charge in [-0.05, 0) is 12.3 Å². The molecular weight excluding hydrogens is 258 g/mol. The van der Waals surface area contributed by atoms with Crippen LogP contribution in [0.3, 0.4) is 0 Å². The zero-order valence-corrected chi connectivity index (χ0v) is 11.1. The maximum atomic E-state index is 5.90. The topological polar surface area (TPSA) is 55.6 Å². The molecule has 0 unspecified atom stereocenters. The summed E-state index contributed by atoms with van der Waals surface area (Å²) < 4.78 is 1.81. The Balaban J connectivity index is 2.09. The lowest BCUT2D eigenvalue weighted by molar-refractivity contribution is 0.719. The van der Waals surface area contributed by atoms with Crippen molar-refractivity contribution in [3.63, 3.8) is 0 Å². The van der Waals surface area contributed by atoms with Gasteiger partial charge in [-0.3, -0.25) is 4.68 Å². The Kier molecular flexibility index (Phi) is 3.86. The minimum absolute atomic E-state index is 0.442. The summed E-state index contributed by atoms with van der Waals surface area (Å²) in [7, 11) is 1.90. The molecule has 0 radical (unpaired) electrons. The fourth-order valence-corrected chi connectivity index (χ4v) is 1.95. The number of anilines is 1. The first-order chi connectivity index (χ1) is 8.19. The predicted molar refractivity (Wildman–Crippen MR) is 69.4 cm³/mol. The third kappa shape index (κ3) is 3.10. The first-order valence-corrected chi connectivity index (χ1v) is 6.58. The van der Waals surface area contributed by atoms with Crippen LogP contribution in [0, 0.1) is 0 Å². The van der Waals surface area contributed by atoms with Gasteiger partial charge in [-0.2, -0.15) is 5.10 Å². The molecule has 17 heavy (non-hydrogen) atoms. The summed E-state index contributed by atoms with van der Waals surface area (Å²) in [5, 5.41) is 8.39. The van der Waals surface area contributed by atoms with Crippen LogP contribution in [0.15, 0.2) is 23.5 Å². The van der Waals surface area contributed by atoms with Crippen LogP contribution in [0.4, 0.5) is 5.82 Å². The standard InChI is InChI=1S/C10H12ClN5S/c1-16-7(3-4-13-16)6-12-9-5-8(11)14-10(15-9)17-2/h3-5H,6H2,1-2H3,(H,12,14,15). The molecule has 0 aliphatic rings. The van der Waals surface area contributed by atoms with Crippen molar-refractivity contribution in [3.8, 4) is 0 Å². The molecule has 0 atom stereocenters. The van der Waals surface area contributed by atoms with Gasteiger partial charge in [0.05, 0.1) is 12.2 Å². The molecule has 2 aromatic rings. The van der Waals surface area contributed by atoms with Gasteiger partial charge in [-0.1, -0.05) is 23.4 Å². The van der Waals surface area contributed by atoms with Gasteiger partial charge in [-0.15, -0.1) is 0 Å². The van der Waals surface area contributed by atoms with Crippen molar-refractivity contribution in [2.45, 2.75) is 11.7 Å². The van der Waals surface area contributed by atoms with Crippen molar-refractivity contribution in [2.75, 3.05) is 11.6 Å². The molecule has 5 nitrogen and oxygen atoms in total. The van der Waals surface area contributed by atoms with Crippen LogP contribution in [0.5, 0.6) is 0 Å². The molecule has 90 valence electrons. The Bertz CT molecular complexity index is 513. The largest absolute Gasteiger partial charge is 0.364 e. The molecule has 1 N–H and O–H groups in total. The van der Waals surface area contributed by atoms with E-state index in [9.17, 15) is 0 Å². The number of aryl methyl sites for hydroxylation is 1. The zero-order chi connectivity index (χ0) is 12.3. The van der Waals surface area contributed by atoms with Crippen molar-refractivity contribution in [1.82, 2.24) is 19.7 Å². The summed E-state index contributed by atoms with van der Waals surface area (Å²) >= 11 is 7.36. The van der Waals surface area contributed by atoms with Crippen LogP contribution < -0.4 is 5.32 Å². The third-order valence-corrected chi connectivity index (χ3v) is 2.97. The summed E-state index contributed by atoms with van der Waals surface area (Å²) in [6, 6.07) is 3.66. The molecular formula is C10H12ClN5S. The van der Waals surface area contributed by atoms with Crippen LogP contribution in [-0.4, -0.2) is 26.0 Å². The first-order valence-electron chi connectivity index (χ1n) is 4.98. The summed E-state index contributed by atoms with van der Waals surface area (Å²) in [5.74, 6) is 0.718. The highest BCUT2D eigenvalue weighted by molar-refractivity contribution is 7.98. The third-order valence-electron chi connectivity index (χ3n) is 2.23. The highest BCUT2D eigenvalue weighted by atomic mass is 35.5. The van der Waals surface area contributed by atoms with Crippen LogP contribution in [0.1, 0.15) is 5.69 Å². The molecule has 0 aliphatic heterocycles. The van der Waals surface area contributed by atoms with E-state index in [-0.39, 0.29) is 0 Å². The van der Waals surface area contributed by atoms with Crippen LogP contribution in [0.2, 0.25) is 5.15 Å². The Hall–Kier alpha value is -1.27. The van der Waals surface area contributed by atoms with E-state index in [2.05, 4.69) is 20.4 Å². The monoisotopic (exact) mass is 269 g/mol. The van der Waals surface area contributed by atoms with Crippen molar-refractivity contribution in [3.05, 3.63) is 29.2 Å². The fraction of sp³-hybridized carbons (Fsp3) is 0.300. The second-order valence-corrected chi connectivity index (χ2v) is 4.52. The van der Waals surface area contributed by atoms with E-state index in [0.717, 1.165) is 11.5 Å².